The fourth-order valence-corrected chi connectivity index (χ4v) is 1.84. The van der Waals surface area contributed by atoms with Crippen molar-refractivity contribution in [2.45, 2.75) is 0 Å². The van der Waals surface area contributed by atoms with Gasteiger partial charge in [-0.05, 0) is 23.8 Å². The molecule has 5 nitrogen and oxygen atoms in total. The SMILES string of the molecule is COc1cc(NC(=O)O)c(N)cc1-c1ccc(F)cc1. The maximum atomic E-state index is 12.9. The van der Waals surface area contributed by atoms with Gasteiger partial charge in [-0.1, -0.05) is 12.1 Å². The van der Waals surface area contributed by atoms with Crippen LogP contribution in [0.15, 0.2) is 36.4 Å². The largest absolute Gasteiger partial charge is 0.496 e. The second-order valence-corrected chi connectivity index (χ2v) is 4.08. The Kier molecular flexibility index (Phi) is 3.74. The number of nitrogens with one attached hydrogen (secondary N) is 1. The van der Waals surface area contributed by atoms with Crippen molar-refractivity contribution in [1.29, 1.82) is 0 Å². The number of halogens is 1. The topological polar surface area (TPSA) is 84.6 Å². The van der Waals surface area contributed by atoms with Gasteiger partial charge < -0.3 is 15.6 Å². The summed E-state index contributed by atoms with van der Waals surface area (Å²) in [5.74, 6) is 0.0967. The first-order chi connectivity index (χ1) is 9.51. The number of amides is 1. The molecule has 0 heterocycles. The van der Waals surface area contributed by atoms with Crippen LogP contribution in [0.1, 0.15) is 0 Å². The highest BCUT2D eigenvalue weighted by atomic mass is 19.1. The smallest absolute Gasteiger partial charge is 0.409 e. The van der Waals surface area contributed by atoms with Crippen molar-refractivity contribution < 1.29 is 19.0 Å². The number of benzene rings is 2. The van der Waals surface area contributed by atoms with Crippen LogP contribution in [0.4, 0.5) is 20.6 Å². The third-order valence-electron chi connectivity index (χ3n) is 2.77. The lowest BCUT2D eigenvalue weighted by atomic mass is 10.0. The van der Waals surface area contributed by atoms with E-state index in [9.17, 15) is 9.18 Å². The van der Waals surface area contributed by atoms with Crippen LogP contribution in [0, 0.1) is 5.82 Å². The lowest BCUT2D eigenvalue weighted by Crippen LogP contribution is -2.09. The van der Waals surface area contributed by atoms with Crippen LogP contribution in [-0.4, -0.2) is 18.3 Å². The van der Waals surface area contributed by atoms with Crippen LogP contribution in [0.2, 0.25) is 0 Å². The van der Waals surface area contributed by atoms with Crippen molar-refractivity contribution in [1.82, 2.24) is 0 Å². The predicted molar refractivity (Wildman–Crippen MR) is 74.4 cm³/mol. The summed E-state index contributed by atoms with van der Waals surface area (Å²) >= 11 is 0. The van der Waals surface area contributed by atoms with Crippen molar-refractivity contribution in [3.63, 3.8) is 0 Å². The predicted octanol–water partition coefficient (Wildman–Crippen LogP) is 3.17. The molecular weight excluding hydrogens is 263 g/mol. The van der Waals surface area contributed by atoms with Crippen molar-refractivity contribution in [3.8, 4) is 16.9 Å². The van der Waals surface area contributed by atoms with Gasteiger partial charge in [-0.25, -0.2) is 9.18 Å². The summed E-state index contributed by atoms with van der Waals surface area (Å²) in [5, 5.41) is 10.9. The average Bonchev–Trinajstić information content (AvgIpc) is 2.41. The minimum Gasteiger partial charge on any atom is -0.496 e. The summed E-state index contributed by atoms with van der Waals surface area (Å²) in [6.07, 6.45) is -1.21. The first kappa shape index (κ1) is 13.7. The quantitative estimate of drug-likeness (QED) is 0.752. The minimum absolute atomic E-state index is 0.236. The molecule has 0 spiro atoms. The number of rotatable bonds is 3. The van der Waals surface area contributed by atoms with Gasteiger partial charge in [-0.15, -0.1) is 0 Å². The van der Waals surface area contributed by atoms with Gasteiger partial charge in [0.05, 0.1) is 18.5 Å². The molecule has 0 radical (unpaired) electrons. The van der Waals surface area contributed by atoms with Crippen LogP contribution in [0.25, 0.3) is 11.1 Å². The molecule has 0 atom stereocenters. The Balaban J connectivity index is 2.51. The van der Waals surface area contributed by atoms with E-state index in [-0.39, 0.29) is 17.2 Å². The van der Waals surface area contributed by atoms with Gasteiger partial charge in [0.25, 0.3) is 0 Å². The standard InChI is InChI=1S/C14H13FN2O3/c1-20-13-7-12(17-14(18)19)11(16)6-10(13)8-2-4-9(15)5-3-8/h2-7,17H,16H2,1H3,(H,18,19). The van der Waals surface area contributed by atoms with Gasteiger partial charge in [0, 0.05) is 11.6 Å². The second-order valence-electron chi connectivity index (χ2n) is 4.08. The van der Waals surface area contributed by atoms with Gasteiger partial charge in [-0.3, -0.25) is 5.32 Å². The Morgan fingerprint density at radius 2 is 1.95 bits per heavy atom. The number of nitrogens with two attached hydrogens (primary N) is 1. The maximum Gasteiger partial charge on any atom is 0.409 e. The maximum absolute atomic E-state index is 12.9. The van der Waals surface area contributed by atoms with E-state index in [0.717, 1.165) is 5.56 Å². The summed E-state index contributed by atoms with van der Waals surface area (Å²) in [6, 6.07) is 8.91. The third kappa shape index (κ3) is 2.80. The zero-order valence-electron chi connectivity index (χ0n) is 10.7. The Hall–Kier alpha value is -2.76. The van der Waals surface area contributed by atoms with Crippen LogP contribution in [0.3, 0.4) is 0 Å². The molecule has 104 valence electrons. The highest BCUT2D eigenvalue weighted by Crippen LogP contribution is 2.36. The van der Waals surface area contributed by atoms with Crippen molar-refractivity contribution in [2.75, 3.05) is 18.2 Å². The Morgan fingerprint density at radius 3 is 2.50 bits per heavy atom. The van der Waals surface area contributed by atoms with E-state index >= 15 is 0 Å². The summed E-state index contributed by atoms with van der Waals surface area (Å²) in [4.78, 5) is 10.7. The number of ether oxygens (including phenoxy) is 1. The molecule has 0 fully saturated rings. The molecule has 2 aromatic carbocycles. The number of hydrogen-bond donors (Lipinski definition) is 3. The van der Waals surface area contributed by atoms with E-state index in [4.69, 9.17) is 15.6 Å². The molecule has 0 bridgehead atoms. The monoisotopic (exact) mass is 276 g/mol. The van der Waals surface area contributed by atoms with E-state index in [0.29, 0.717) is 11.3 Å². The number of carbonyl (C=O) groups is 1. The number of carboxylic acid groups (broad SMARTS) is 1. The highest BCUT2D eigenvalue weighted by Gasteiger charge is 2.12. The number of anilines is 2. The zero-order valence-corrected chi connectivity index (χ0v) is 10.7. The molecule has 0 aliphatic carbocycles. The molecule has 0 saturated heterocycles. The average molecular weight is 276 g/mol. The van der Waals surface area contributed by atoms with E-state index in [2.05, 4.69) is 5.32 Å². The van der Waals surface area contributed by atoms with Crippen LogP contribution in [0.5, 0.6) is 5.75 Å². The summed E-state index contributed by atoms with van der Waals surface area (Å²) in [5.41, 5.74) is 7.67. The minimum atomic E-state index is -1.21. The fourth-order valence-electron chi connectivity index (χ4n) is 1.84. The van der Waals surface area contributed by atoms with Crippen molar-refractivity contribution in [2.24, 2.45) is 0 Å². The van der Waals surface area contributed by atoms with Crippen molar-refractivity contribution >= 4 is 17.5 Å². The Labute approximate surface area is 114 Å². The molecule has 4 N–H and O–H groups in total. The molecule has 6 heteroatoms. The summed E-state index contributed by atoms with van der Waals surface area (Å²) in [7, 11) is 1.46. The first-order valence-electron chi connectivity index (χ1n) is 5.74. The molecule has 0 aromatic heterocycles. The van der Waals surface area contributed by atoms with Crippen LogP contribution < -0.4 is 15.8 Å². The highest BCUT2D eigenvalue weighted by molar-refractivity contribution is 5.91. The lowest BCUT2D eigenvalue weighted by Gasteiger charge is -2.13. The molecule has 20 heavy (non-hydrogen) atoms. The van der Waals surface area contributed by atoms with Crippen LogP contribution in [-0.2, 0) is 0 Å². The Morgan fingerprint density at radius 1 is 1.30 bits per heavy atom. The lowest BCUT2D eigenvalue weighted by molar-refractivity contribution is 0.210. The van der Waals surface area contributed by atoms with E-state index in [1.807, 2.05) is 0 Å². The third-order valence-corrected chi connectivity index (χ3v) is 2.77. The molecule has 0 aliphatic heterocycles. The first-order valence-corrected chi connectivity index (χ1v) is 5.74. The molecule has 0 saturated carbocycles. The number of hydrogen-bond acceptors (Lipinski definition) is 3. The second kappa shape index (κ2) is 5.48. The van der Waals surface area contributed by atoms with E-state index < -0.39 is 6.09 Å². The molecule has 0 aliphatic rings. The van der Waals surface area contributed by atoms with Gasteiger partial charge in [0.1, 0.15) is 11.6 Å². The van der Waals surface area contributed by atoms with E-state index in [1.165, 1.54) is 25.3 Å². The van der Waals surface area contributed by atoms with Gasteiger partial charge in [0.2, 0.25) is 0 Å². The number of methoxy groups -OCH3 is 1. The van der Waals surface area contributed by atoms with Gasteiger partial charge in [-0.2, -0.15) is 0 Å². The fraction of sp³-hybridized carbons (Fsp3) is 0.0714. The van der Waals surface area contributed by atoms with Crippen LogP contribution >= 0.6 is 0 Å². The van der Waals surface area contributed by atoms with Gasteiger partial charge >= 0.3 is 6.09 Å². The molecule has 2 rings (SSSR count). The van der Waals surface area contributed by atoms with E-state index in [1.54, 1.807) is 18.2 Å². The Bertz CT molecular complexity index is 642. The normalized spacial score (nSPS) is 10.1. The summed E-state index contributed by atoms with van der Waals surface area (Å²) < 4.78 is 18.2. The zero-order chi connectivity index (χ0) is 14.7. The van der Waals surface area contributed by atoms with Crippen molar-refractivity contribution in [3.05, 3.63) is 42.2 Å². The van der Waals surface area contributed by atoms with Gasteiger partial charge in [0.15, 0.2) is 0 Å². The number of nitrogen functional groups attached to an aromatic ring is 1. The molecule has 2 aromatic rings. The molecule has 0 unspecified atom stereocenters. The molecule has 1 amide bonds. The molecular formula is C14H13FN2O3. The summed E-state index contributed by atoms with van der Waals surface area (Å²) in [6.45, 7) is 0.